The zero-order valence-electron chi connectivity index (χ0n) is 10.3. The third-order valence-corrected chi connectivity index (χ3v) is 2.60. The van der Waals surface area contributed by atoms with Gasteiger partial charge in [-0.2, -0.15) is 5.26 Å². The van der Waals surface area contributed by atoms with Gasteiger partial charge in [-0.25, -0.2) is 0 Å². The topological polar surface area (TPSA) is 81.4 Å². The smallest absolute Gasteiger partial charge is 0.305 e. The molecule has 0 atom stereocenters. The second-order valence-electron chi connectivity index (χ2n) is 3.97. The van der Waals surface area contributed by atoms with Crippen LogP contribution < -0.4 is 4.90 Å². The summed E-state index contributed by atoms with van der Waals surface area (Å²) < 4.78 is 0. The third kappa shape index (κ3) is 3.32. The van der Waals surface area contributed by atoms with Gasteiger partial charge in [-0.1, -0.05) is 0 Å². The quantitative estimate of drug-likeness (QED) is 0.799. The highest BCUT2D eigenvalue weighted by Crippen LogP contribution is 2.21. The van der Waals surface area contributed by atoms with Gasteiger partial charge in [0.25, 0.3) is 0 Å². The maximum absolute atomic E-state index is 11.3. The molecule has 0 heterocycles. The standard InChI is InChI=1S/C13H14N2O3/c1-9(16)10-3-4-11(8-14)12(7-10)15(2)6-5-13(17)18/h3-4,7H,5-6H2,1-2H3,(H,17,18). The number of aliphatic carboxylic acids is 1. The normalized spacial score (nSPS) is 9.61. The van der Waals surface area contributed by atoms with E-state index in [1.54, 1.807) is 30.1 Å². The van der Waals surface area contributed by atoms with Crippen molar-refractivity contribution in [3.05, 3.63) is 29.3 Å². The first kappa shape index (κ1) is 13.7. The van der Waals surface area contributed by atoms with Crippen LogP contribution in [-0.4, -0.2) is 30.5 Å². The Morgan fingerprint density at radius 1 is 1.44 bits per heavy atom. The average Bonchev–Trinajstić information content (AvgIpc) is 2.34. The Labute approximate surface area is 105 Å². The molecule has 0 aromatic heterocycles. The second kappa shape index (κ2) is 5.82. The van der Waals surface area contributed by atoms with E-state index in [4.69, 9.17) is 10.4 Å². The maximum Gasteiger partial charge on any atom is 0.305 e. The average molecular weight is 246 g/mol. The summed E-state index contributed by atoms with van der Waals surface area (Å²) in [5.41, 5.74) is 1.51. The van der Waals surface area contributed by atoms with E-state index in [2.05, 4.69) is 0 Å². The molecule has 0 aliphatic carbocycles. The Bertz CT molecular complexity index is 517. The lowest BCUT2D eigenvalue weighted by Crippen LogP contribution is -2.22. The molecular formula is C13H14N2O3. The van der Waals surface area contributed by atoms with Crippen molar-refractivity contribution < 1.29 is 14.7 Å². The minimum Gasteiger partial charge on any atom is -0.481 e. The SMILES string of the molecule is CC(=O)c1ccc(C#N)c(N(C)CCC(=O)O)c1. The Morgan fingerprint density at radius 3 is 2.61 bits per heavy atom. The molecule has 0 bridgehead atoms. The van der Waals surface area contributed by atoms with Crippen LogP contribution in [0.1, 0.15) is 29.3 Å². The Kier molecular flexibility index (Phi) is 4.44. The summed E-state index contributed by atoms with van der Waals surface area (Å²) in [5.74, 6) is -0.990. The fraction of sp³-hybridized carbons (Fsp3) is 0.308. The lowest BCUT2D eigenvalue weighted by molar-refractivity contribution is -0.136. The van der Waals surface area contributed by atoms with Crippen molar-refractivity contribution in [3.8, 4) is 6.07 Å². The zero-order valence-corrected chi connectivity index (χ0v) is 10.3. The van der Waals surface area contributed by atoms with E-state index in [1.165, 1.54) is 6.92 Å². The Hall–Kier alpha value is -2.35. The van der Waals surface area contributed by atoms with Crippen LogP contribution in [0, 0.1) is 11.3 Å². The van der Waals surface area contributed by atoms with Gasteiger partial charge in [0.05, 0.1) is 17.7 Å². The van der Waals surface area contributed by atoms with Gasteiger partial charge in [-0.05, 0) is 25.1 Å². The summed E-state index contributed by atoms with van der Waals surface area (Å²) in [6.07, 6.45) is -0.0222. The minimum atomic E-state index is -0.900. The van der Waals surface area contributed by atoms with Gasteiger partial charge in [0.15, 0.2) is 5.78 Å². The van der Waals surface area contributed by atoms with Gasteiger partial charge >= 0.3 is 5.97 Å². The number of nitrogens with zero attached hydrogens (tertiary/aromatic N) is 2. The maximum atomic E-state index is 11.3. The van der Waals surface area contributed by atoms with Crippen LogP contribution in [0.4, 0.5) is 5.69 Å². The number of rotatable bonds is 5. The number of ketones is 1. The van der Waals surface area contributed by atoms with Crippen molar-refractivity contribution in [3.63, 3.8) is 0 Å². The van der Waals surface area contributed by atoms with E-state index < -0.39 is 5.97 Å². The first-order valence-electron chi connectivity index (χ1n) is 5.43. The number of nitriles is 1. The number of carbonyl (C=O) groups is 2. The van der Waals surface area contributed by atoms with E-state index in [1.807, 2.05) is 6.07 Å². The van der Waals surface area contributed by atoms with Gasteiger partial charge in [0.2, 0.25) is 0 Å². The molecule has 0 spiro atoms. The summed E-state index contributed by atoms with van der Waals surface area (Å²) in [7, 11) is 1.70. The van der Waals surface area contributed by atoms with Gasteiger partial charge in [0.1, 0.15) is 6.07 Å². The summed E-state index contributed by atoms with van der Waals surface area (Å²) in [6.45, 7) is 1.73. The molecule has 1 N–H and O–H groups in total. The zero-order chi connectivity index (χ0) is 13.7. The van der Waals surface area contributed by atoms with Gasteiger partial charge in [-0.15, -0.1) is 0 Å². The van der Waals surface area contributed by atoms with E-state index in [0.717, 1.165) is 0 Å². The molecule has 0 aliphatic heterocycles. The summed E-state index contributed by atoms with van der Waals surface area (Å²) in [5, 5.41) is 17.6. The Balaban J connectivity index is 3.04. The van der Waals surface area contributed by atoms with E-state index in [-0.39, 0.29) is 18.7 Å². The molecule has 0 saturated heterocycles. The summed E-state index contributed by atoms with van der Waals surface area (Å²) >= 11 is 0. The van der Waals surface area contributed by atoms with Crippen LogP contribution in [-0.2, 0) is 4.79 Å². The van der Waals surface area contributed by atoms with Crippen molar-refractivity contribution in [2.45, 2.75) is 13.3 Å². The molecule has 0 saturated carbocycles. The van der Waals surface area contributed by atoms with E-state index in [0.29, 0.717) is 16.8 Å². The van der Waals surface area contributed by atoms with Crippen LogP contribution >= 0.6 is 0 Å². The monoisotopic (exact) mass is 246 g/mol. The van der Waals surface area contributed by atoms with Crippen molar-refractivity contribution >= 4 is 17.4 Å². The highest BCUT2D eigenvalue weighted by molar-refractivity contribution is 5.95. The van der Waals surface area contributed by atoms with Crippen LogP contribution in [0.5, 0.6) is 0 Å². The molecule has 1 aromatic rings. The molecule has 1 rings (SSSR count). The Morgan fingerprint density at radius 2 is 2.11 bits per heavy atom. The molecule has 1 aromatic carbocycles. The van der Waals surface area contributed by atoms with Crippen LogP contribution in [0.2, 0.25) is 0 Å². The molecule has 94 valence electrons. The van der Waals surface area contributed by atoms with Gasteiger partial charge in [-0.3, -0.25) is 9.59 Å². The number of hydrogen-bond acceptors (Lipinski definition) is 4. The predicted molar refractivity (Wildman–Crippen MR) is 66.7 cm³/mol. The molecule has 5 heteroatoms. The predicted octanol–water partition coefficient (Wildman–Crippen LogP) is 1.67. The van der Waals surface area contributed by atoms with Crippen molar-refractivity contribution in [1.29, 1.82) is 5.26 Å². The molecule has 0 unspecified atom stereocenters. The molecule has 0 amide bonds. The number of benzene rings is 1. The lowest BCUT2D eigenvalue weighted by atomic mass is 10.1. The molecule has 18 heavy (non-hydrogen) atoms. The van der Waals surface area contributed by atoms with Crippen LogP contribution in [0.15, 0.2) is 18.2 Å². The van der Waals surface area contributed by atoms with Crippen LogP contribution in [0.3, 0.4) is 0 Å². The molecular weight excluding hydrogens is 232 g/mol. The number of anilines is 1. The number of carboxylic acids is 1. The van der Waals surface area contributed by atoms with Gasteiger partial charge in [0, 0.05) is 19.2 Å². The highest BCUT2D eigenvalue weighted by atomic mass is 16.4. The van der Waals surface area contributed by atoms with Crippen LogP contribution in [0.25, 0.3) is 0 Å². The fourth-order valence-electron chi connectivity index (χ4n) is 1.54. The number of Topliss-reactive ketones (excluding diaryl/α,β-unsaturated/α-hetero) is 1. The lowest BCUT2D eigenvalue weighted by Gasteiger charge is -2.20. The first-order valence-corrected chi connectivity index (χ1v) is 5.43. The number of hydrogen-bond donors (Lipinski definition) is 1. The van der Waals surface area contributed by atoms with Crippen molar-refractivity contribution in [1.82, 2.24) is 0 Å². The van der Waals surface area contributed by atoms with E-state index >= 15 is 0 Å². The minimum absolute atomic E-state index is 0.0222. The summed E-state index contributed by atoms with van der Waals surface area (Å²) in [4.78, 5) is 23.5. The largest absolute Gasteiger partial charge is 0.481 e. The van der Waals surface area contributed by atoms with E-state index in [9.17, 15) is 9.59 Å². The molecule has 0 radical (unpaired) electrons. The fourth-order valence-corrected chi connectivity index (χ4v) is 1.54. The summed E-state index contributed by atoms with van der Waals surface area (Å²) in [6, 6.07) is 6.81. The second-order valence-corrected chi connectivity index (χ2v) is 3.97. The highest BCUT2D eigenvalue weighted by Gasteiger charge is 2.11. The first-order chi connectivity index (χ1) is 8.45. The molecule has 5 nitrogen and oxygen atoms in total. The van der Waals surface area contributed by atoms with Gasteiger partial charge < -0.3 is 10.0 Å². The van der Waals surface area contributed by atoms with Crippen molar-refractivity contribution in [2.75, 3.05) is 18.5 Å². The van der Waals surface area contributed by atoms with Crippen molar-refractivity contribution in [2.24, 2.45) is 0 Å². The molecule has 0 fully saturated rings. The third-order valence-electron chi connectivity index (χ3n) is 2.60. The molecule has 0 aliphatic rings. The number of carbonyl (C=O) groups excluding carboxylic acids is 1. The number of carboxylic acid groups (broad SMARTS) is 1.